The van der Waals surface area contributed by atoms with Gasteiger partial charge in [0.1, 0.15) is 0 Å². The first kappa shape index (κ1) is 13.0. The third kappa shape index (κ3) is 3.18. The first-order valence-electron chi connectivity index (χ1n) is 5.46. The predicted octanol–water partition coefficient (Wildman–Crippen LogP) is 2.02. The lowest BCUT2D eigenvalue weighted by atomic mass is 9.85. The van der Waals surface area contributed by atoms with Gasteiger partial charge in [-0.1, -0.05) is 6.92 Å². The molecule has 3 nitrogen and oxygen atoms in total. The SMILES string of the molecule is CC1(CS(=O)(=O)C(C)(C)C)CCOCC1. The summed E-state index contributed by atoms with van der Waals surface area (Å²) in [4.78, 5) is 0. The van der Waals surface area contributed by atoms with E-state index in [0.717, 1.165) is 12.8 Å². The summed E-state index contributed by atoms with van der Waals surface area (Å²) >= 11 is 0. The van der Waals surface area contributed by atoms with E-state index in [1.807, 2.05) is 0 Å². The van der Waals surface area contributed by atoms with E-state index in [1.54, 1.807) is 20.8 Å². The normalized spacial score (nSPS) is 22.7. The maximum atomic E-state index is 12.1. The molecule has 0 radical (unpaired) electrons. The van der Waals surface area contributed by atoms with Gasteiger partial charge in [0.2, 0.25) is 0 Å². The summed E-state index contributed by atoms with van der Waals surface area (Å²) in [7, 11) is -3.01. The highest BCUT2D eigenvalue weighted by atomic mass is 32.2. The van der Waals surface area contributed by atoms with Crippen molar-refractivity contribution in [3.63, 3.8) is 0 Å². The second kappa shape index (κ2) is 4.06. The summed E-state index contributed by atoms with van der Waals surface area (Å²) < 4.78 is 28.8. The minimum absolute atomic E-state index is 0.0929. The molecule has 15 heavy (non-hydrogen) atoms. The Bertz CT molecular complexity index is 305. The number of sulfone groups is 1. The first-order valence-corrected chi connectivity index (χ1v) is 7.12. The van der Waals surface area contributed by atoms with Crippen LogP contribution in [0.4, 0.5) is 0 Å². The van der Waals surface area contributed by atoms with Crippen molar-refractivity contribution >= 4 is 9.84 Å². The van der Waals surface area contributed by atoms with E-state index in [-0.39, 0.29) is 11.2 Å². The molecule has 0 atom stereocenters. The van der Waals surface area contributed by atoms with Crippen molar-refractivity contribution in [3.8, 4) is 0 Å². The molecule has 1 heterocycles. The van der Waals surface area contributed by atoms with Gasteiger partial charge in [-0.2, -0.15) is 0 Å². The van der Waals surface area contributed by atoms with Gasteiger partial charge in [0, 0.05) is 13.2 Å². The lowest BCUT2D eigenvalue weighted by Gasteiger charge is -2.35. The van der Waals surface area contributed by atoms with Gasteiger partial charge in [-0.15, -0.1) is 0 Å². The van der Waals surface area contributed by atoms with Crippen LogP contribution in [0, 0.1) is 5.41 Å². The second-order valence-corrected chi connectivity index (χ2v) is 8.54. The Kier molecular flexibility index (Phi) is 3.51. The summed E-state index contributed by atoms with van der Waals surface area (Å²) in [5.74, 6) is 0.285. The molecule has 0 aromatic carbocycles. The number of hydrogen-bond donors (Lipinski definition) is 0. The third-order valence-electron chi connectivity index (χ3n) is 3.17. The van der Waals surface area contributed by atoms with Gasteiger partial charge in [-0.05, 0) is 39.0 Å². The van der Waals surface area contributed by atoms with E-state index in [9.17, 15) is 8.42 Å². The Morgan fingerprint density at radius 3 is 2.07 bits per heavy atom. The molecule has 0 spiro atoms. The predicted molar refractivity (Wildman–Crippen MR) is 61.7 cm³/mol. The quantitative estimate of drug-likeness (QED) is 0.734. The molecule has 1 aliphatic rings. The van der Waals surface area contributed by atoms with Crippen molar-refractivity contribution in [2.45, 2.75) is 45.3 Å². The molecule has 0 aliphatic carbocycles. The minimum Gasteiger partial charge on any atom is -0.381 e. The third-order valence-corrected chi connectivity index (χ3v) is 6.11. The molecule has 4 heteroatoms. The molecule has 0 N–H and O–H groups in total. The van der Waals surface area contributed by atoms with Crippen molar-refractivity contribution in [1.82, 2.24) is 0 Å². The standard InChI is InChI=1S/C11H22O3S/c1-10(2,3)15(12,13)9-11(4)5-7-14-8-6-11/h5-9H2,1-4H3. The summed E-state index contributed by atoms with van der Waals surface area (Å²) in [6.07, 6.45) is 1.70. The Hall–Kier alpha value is -0.0900. The summed E-state index contributed by atoms with van der Waals surface area (Å²) in [5, 5.41) is 0. The molecule has 1 saturated heterocycles. The minimum atomic E-state index is -3.01. The maximum absolute atomic E-state index is 12.1. The fraction of sp³-hybridized carbons (Fsp3) is 1.00. The molecule has 1 rings (SSSR count). The topological polar surface area (TPSA) is 43.4 Å². The zero-order valence-electron chi connectivity index (χ0n) is 10.2. The summed E-state index contributed by atoms with van der Waals surface area (Å²) in [6.45, 7) is 8.74. The molecule has 90 valence electrons. The molecule has 1 fully saturated rings. The van der Waals surface area contributed by atoms with Crippen LogP contribution in [0.5, 0.6) is 0 Å². The number of ether oxygens (including phenoxy) is 1. The van der Waals surface area contributed by atoms with Crippen LogP contribution in [-0.2, 0) is 14.6 Å². The van der Waals surface area contributed by atoms with Crippen molar-refractivity contribution in [2.75, 3.05) is 19.0 Å². The van der Waals surface area contributed by atoms with Crippen molar-refractivity contribution < 1.29 is 13.2 Å². The van der Waals surface area contributed by atoms with Crippen molar-refractivity contribution in [3.05, 3.63) is 0 Å². The van der Waals surface area contributed by atoms with E-state index in [0.29, 0.717) is 13.2 Å². The Morgan fingerprint density at radius 2 is 1.67 bits per heavy atom. The van der Waals surface area contributed by atoms with Crippen molar-refractivity contribution in [2.24, 2.45) is 5.41 Å². The van der Waals surface area contributed by atoms with Gasteiger partial charge in [-0.25, -0.2) is 8.42 Å². The largest absolute Gasteiger partial charge is 0.381 e. The van der Waals surface area contributed by atoms with Crippen LogP contribution in [0.2, 0.25) is 0 Å². The smallest absolute Gasteiger partial charge is 0.155 e. The van der Waals surface area contributed by atoms with E-state index in [4.69, 9.17) is 4.74 Å². The molecular formula is C11H22O3S. The summed E-state index contributed by atoms with van der Waals surface area (Å²) in [5.41, 5.74) is -0.0929. The lowest BCUT2D eigenvalue weighted by Crippen LogP contribution is -2.40. The van der Waals surface area contributed by atoms with Crippen molar-refractivity contribution in [1.29, 1.82) is 0 Å². The molecular weight excluding hydrogens is 212 g/mol. The van der Waals surface area contributed by atoms with E-state index >= 15 is 0 Å². The first-order chi connectivity index (χ1) is 6.66. The van der Waals surface area contributed by atoms with Gasteiger partial charge >= 0.3 is 0 Å². The van der Waals surface area contributed by atoms with Crippen LogP contribution >= 0.6 is 0 Å². The lowest BCUT2D eigenvalue weighted by molar-refractivity contribution is 0.0340. The van der Waals surface area contributed by atoms with Gasteiger partial charge in [0.05, 0.1) is 10.5 Å². The molecule has 0 aromatic rings. The molecule has 0 bridgehead atoms. The highest BCUT2D eigenvalue weighted by molar-refractivity contribution is 7.92. The highest BCUT2D eigenvalue weighted by Gasteiger charge is 2.38. The fourth-order valence-electron chi connectivity index (χ4n) is 1.68. The molecule has 0 unspecified atom stereocenters. The van der Waals surface area contributed by atoms with Crippen LogP contribution in [-0.4, -0.2) is 32.1 Å². The van der Waals surface area contributed by atoms with Gasteiger partial charge in [0.15, 0.2) is 9.84 Å². The van der Waals surface area contributed by atoms with Crippen LogP contribution in [0.15, 0.2) is 0 Å². The molecule has 1 aliphatic heterocycles. The Labute approximate surface area is 93.1 Å². The number of rotatable bonds is 2. The average molecular weight is 234 g/mol. The van der Waals surface area contributed by atoms with Gasteiger partial charge in [0.25, 0.3) is 0 Å². The molecule has 0 amide bonds. The zero-order valence-corrected chi connectivity index (χ0v) is 11.0. The van der Waals surface area contributed by atoms with Gasteiger partial charge in [-0.3, -0.25) is 0 Å². The summed E-state index contributed by atoms with van der Waals surface area (Å²) in [6, 6.07) is 0. The Morgan fingerprint density at radius 1 is 1.20 bits per heavy atom. The fourth-order valence-corrected chi connectivity index (χ4v) is 3.32. The van der Waals surface area contributed by atoms with Crippen LogP contribution < -0.4 is 0 Å². The zero-order chi connectivity index (χ0) is 11.7. The van der Waals surface area contributed by atoms with E-state index < -0.39 is 14.6 Å². The second-order valence-electron chi connectivity index (χ2n) is 5.79. The molecule has 0 aromatic heterocycles. The van der Waals surface area contributed by atoms with Gasteiger partial charge < -0.3 is 4.74 Å². The van der Waals surface area contributed by atoms with Crippen LogP contribution in [0.25, 0.3) is 0 Å². The highest BCUT2D eigenvalue weighted by Crippen LogP contribution is 2.34. The average Bonchev–Trinajstić information content (AvgIpc) is 2.00. The van der Waals surface area contributed by atoms with E-state index in [2.05, 4.69) is 6.92 Å². The molecule has 0 saturated carbocycles. The Balaban J connectivity index is 2.76. The van der Waals surface area contributed by atoms with Crippen LogP contribution in [0.3, 0.4) is 0 Å². The maximum Gasteiger partial charge on any atom is 0.155 e. The monoisotopic (exact) mass is 234 g/mol. The number of hydrogen-bond acceptors (Lipinski definition) is 3. The van der Waals surface area contributed by atoms with E-state index in [1.165, 1.54) is 0 Å². The van der Waals surface area contributed by atoms with Crippen LogP contribution in [0.1, 0.15) is 40.5 Å².